The first-order valence-corrected chi connectivity index (χ1v) is 34.6. The first-order valence-electron chi connectivity index (χ1n) is 34.6. The van der Waals surface area contributed by atoms with Gasteiger partial charge in [0, 0.05) is 23.3 Å². The molecule has 0 saturated heterocycles. The third kappa shape index (κ3) is 9.29. The van der Waals surface area contributed by atoms with Crippen molar-refractivity contribution in [1.29, 1.82) is 0 Å². The van der Waals surface area contributed by atoms with Crippen molar-refractivity contribution in [1.82, 2.24) is 0 Å². The zero-order valence-electron chi connectivity index (χ0n) is 52.1. The van der Waals surface area contributed by atoms with E-state index in [1.165, 1.54) is 55.9 Å². The highest BCUT2D eigenvalue weighted by atomic mass is 16.5. The number of benzene rings is 4. The Bertz CT molecular complexity index is 3180. The Kier molecular flexibility index (Phi) is 15.4. The zero-order chi connectivity index (χ0) is 58.6. The average molecular weight is 1150 g/mol. The number of fused-ring (bicyclic) bond motifs is 4. The molecule has 454 valence electrons. The van der Waals surface area contributed by atoms with E-state index in [-0.39, 0.29) is 65.4 Å². The van der Waals surface area contributed by atoms with Crippen LogP contribution in [0.1, 0.15) is 221 Å². The summed E-state index contributed by atoms with van der Waals surface area (Å²) in [6.45, 7) is 11.7. The summed E-state index contributed by atoms with van der Waals surface area (Å²) in [5, 5.41) is 46.0. The molecule has 2 bridgehead atoms. The first-order chi connectivity index (χ1) is 41.1. The van der Waals surface area contributed by atoms with Gasteiger partial charge in [0.05, 0.1) is 29.1 Å². The summed E-state index contributed by atoms with van der Waals surface area (Å²) in [6, 6.07) is 34.8. The molecule has 4 aromatic carbocycles. The van der Waals surface area contributed by atoms with Crippen LogP contribution in [-0.4, -0.2) is 57.8 Å². The van der Waals surface area contributed by atoms with Crippen molar-refractivity contribution in [2.75, 3.05) is 6.61 Å². The van der Waals surface area contributed by atoms with E-state index in [1.807, 2.05) is 0 Å². The monoisotopic (exact) mass is 1150 g/mol. The summed E-state index contributed by atoms with van der Waals surface area (Å²) >= 11 is 0. The lowest BCUT2D eigenvalue weighted by Gasteiger charge is -2.71. The second-order valence-electron chi connectivity index (χ2n) is 31.2. The van der Waals surface area contributed by atoms with Gasteiger partial charge in [0.1, 0.15) is 12.7 Å². The maximum Gasteiger partial charge on any atom is 0.331 e. The normalized spacial score (nSPS) is 41.3. The maximum absolute atomic E-state index is 15.9. The van der Waals surface area contributed by atoms with E-state index >= 15 is 4.79 Å². The number of carbonyl (C=O) groups excluding carboxylic acids is 2. The highest BCUT2D eigenvalue weighted by Gasteiger charge is 2.76. The van der Waals surface area contributed by atoms with Crippen LogP contribution in [0, 0.1) is 75.4 Å². The van der Waals surface area contributed by atoms with E-state index in [4.69, 9.17) is 9.47 Å². The quantitative estimate of drug-likeness (QED) is 0.0903. The fraction of sp³-hybridized carbons (Fsp3) is 0.641. The number of aliphatic hydroxyl groups is 3. The van der Waals surface area contributed by atoms with E-state index in [0.29, 0.717) is 55.3 Å². The SMILES string of the molecule is CC(C)CC1CCCC2C=CC(CC(C)CCCc3ccccc3)C(O)C34C(O)CCC(C)(C5CCC67CCC8CC9(c%10ccccc%10)CCCCC9c9ccc%10cccc(c%10c9C86)C7C5)C3C(CC(C)C4(O)CCC3=CC(=O)OC3)OC(=O)C21. The Morgan fingerprint density at radius 1 is 0.741 bits per heavy atom. The number of aliphatic hydroxyl groups excluding tert-OH is 2. The minimum absolute atomic E-state index is 0.0253. The van der Waals surface area contributed by atoms with Gasteiger partial charge in [0.15, 0.2) is 0 Å². The second kappa shape index (κ2) is 22.5. The Morgan fingerprint density at radius 2 is 1.54 bits per heavy atom. The lowest BCUT2D eigenvalue weighted by molar-refractivity contribution is -0.332. The van der Waals surface area contributed by atoms with Crippen LogP contribution < -0.4 is 0 Å². The molecule has 2 heterocycles. The molecule has 20 unspecified atom stereocenters. The minimum atomic E-state index is -1.59. The van der Waals surface area contributed by atoms with E-state index < -0.39 is 52.5 Å². The summed E-state index contributed by atoms with van der Waals surface area (Å²) in [4.78, 5) is 28.6. The van der Waals surface area contributed by atoms with E-state index in [1.54, 1.807) is 33.7 Å². The molecule has 20 atom stereocenters. The predicted molar refractivity (Wildman–Crippen MR) is 338 cm³/mol. The number of allylic oxidation sites excluding steroid dienone is 1. The Labute approximate surface area is 508 Å². The van der Waals surface area contributed by atoms with Crippen molar-refractivity contribution in [2.24, 2.45) is 75.4 Å². The highest BCUT2D eigenvalue weighted by Crippen LogP contribution is 2.77. The highest BCUT2D eigenvalue weighted by molar-refractivity contribution is 5.93. The summed E-state index contributed by atoms with van der Waals surface area (Å²) in [5.74, 6) is 0.748. The predicted octanol–water partition coefficient (Wildman–Crippen LogP) is 16.6. The number of hydrogen-bond acceptors (Lipinski definition) is 7. The van der Waals surface area contributed by atoms with Crippen LogP contribution in [-0.2, 0) is 30.9 Å². The Balaban J connectivity index is 0.906. The van der Waals surface area contributed by atoms with Gasteiger partial charge in [-0.25, -0.2) is 4.79 Å². The van der Waals surface area contributed by atoms with Gasteiger partial charge in [-0.3, -0.25) is 4.79 Å². The fourth-order valence-electron chi connectivity index (χ4n) is 23.4. The fourth-order valence-corrected chi connectivity index (χ4v) is 23.4. The van der Waals surface area contributed by atoms with Crippen LogP contribution in [0.4, 0.5) is 0 Å². The third-order valence-corrected chi connectivity index (χ3v) is 26.8. The van der Waals surface area contributed by atoms with Crippen LogP contribution in [0.2, 0.25) is 0 Å². The molecule has 0 aromatic heterocycles. The van der Waals surface area contributed by atoms with Crippen LogP contribution >= 0.6 is 0 Å². The van der Waals surface area contributed by atoms with Gasteiger partial charge in [-0.05, 0) is 236 Å². The van der Waals surface area contributed by atoms with E-state index in [9.17, 15) is 20.1 Å². The van der Waals surface area contributed by atoms with Crippen LogP contribution in [0.25, 0.3) is 10.8 Å². The van der Waals surface area contributed by atoms with Gasteiger partial charge in [-0.15, -0.1) is 0 Å². The topological polar surface area (TPSA) is 113 Å². The smallest absolute Gasteiger partial charge is 0.331 e. The van der Waals surface area contributed by atoms with Gasteiger partial charge in [-0.1, -0.05) is 163 Å². The maximum atomic E-state index is 15.9. The molecule has 6 fully saturated rings. The van der Waals surface area contributed by atoms with Crippen LogP contribution in [0.5, 0.6) is 0 Å². The third-order valence-electron chi connectivity index (χ3n) is 26.8. The van der Waals surface area contributed by atoms with E-state index in [0.717, 1.165) is 76.2 Å². The summed E-state index contributed by atoms with van der Waals surface area (Å²) in [5.41, 5.74) is 5.25. The molecule has 85 heavy (non-hydrogen) atoms. The number of cyclic esters (lactones) is 1. The Hall–Kier alpha value is -4.56. The largest absolute Gasteiger partial charge is 0.462 e. The molecule has 3 N–H and O–H groups in total. The minimum Gasteiger partial charge on any atom is -0.462 e. The molecule has 0 radical (unpaired) electrons. The summed E-state index contributed by atoms with van der Waals surface area (Å²) < 4.78 is 13.0. The van der Waals surface area contributed by atoms with Gasteiger partial charge < -0.3 is 24.8 Å². The second-order valence-corrected chi connectivity index (χ2v) is 31.2. The van der Waals surface area contributed by atoms with Gasteiger partial charge >= 0.3 is 11.9 Å². The lowest BCUT2D eigenvalue weighted by Crippen LogP contribution is -2.77. The summed E-state index contributed by atoms with van der Waals surface area (Å²) in [6.07, 6.45) is 25.2. The Morgan fingerprint density at radius 3 is 2.33 bits per heavy atom. The lowest BCUT2D eigenvalue weighted by atomic mass is 9.36. The number of hydrogen-bond donors (Lipinski definition) is 3. The molecule has 2 aliphatic heterocycles. The molecule has 1 spiro atoms. The van der Waals surface area contributed by atoms with Crippen molar-refractivity contribution >= 4 is 22.7 Å². The molecular formula is C78H100O7. The van der Waals surface area contributed by atoms with Crippen LogP contribution in [0.3, 0.4) is 0 Å². The molecular weight excluding hydrogens is 1050 g/mol. The number of esters is 2. The van der Waals surface area contributed by atoms with Crippen molar-refractivity contribution in [3.8, 4) is 0 Å². The van der Waals surface area contributed by atoms with Crippen molar-refractivity contribution < 1.29 is 34.4 Å². The summed E-state index contributed by atoms with van der Waals surface area (Å²) in [7, 11) is 0. The first kappa shape index (κ1) is 58.1. The molecule has 7 heteroatoms. The average Bonchev–Trinajstić information content (AvgIpc) is 1.65. The zero-order valence-corrected chi connectivity index (χ0v) is 52.1. The van der Waals surface area contributed by atoms with Crippen molar-refractivity contribution in [3.63, 3.8) is 0 Å². The molecule has 14 rings (SSSR count). The van der Waals surface area contributed by atoms with Crippen molar-refractivity contribution in [2.45, 2.75) is 229 Å². The number of carbonyl (C=O) groups is 2. The molecule has 7 nitrogen and oxygen atoms in total. The van der Waals surface area contributed by atoms with Crippen LogP contribution in [0.15, 0.2) is 115 Å². The number of aryl methyl sites for hydroxylation is 1. The molecule has 4 aromatic rings. The molecule has 0 amide bonds. The van der Waals surface area contributed by atoms with Gasteiger partial charge in [0.25, 0.3) is 0 Å². The van der Waals surface area contributed by atoms with Crippen molar-refractivity contribution in [3.05, 3.63) is 143 Å². The molecule has 10 aliphatic rings. The molecule has 6 saturated carbocycles. The number of rotatable bonds is 13. The number of ether oxygens (including phenoxy) is 2. The van der Waals surface area contributed by atoms with Gasteiger partial charge in [0.2, 0.25) is 0 Å². The standard InChI is InChI=1S/C78H100O7/c1-48(2)41-55-23-15-21-53-28-29-56(42-49(3)17-14-20-51-18-8-6-9-19-51)72(81)78-65(79)35-37-74(5,71(78)64(85-73(82)67(53)55)43-50(4)77(78,83)40-32-52-44-66(80)84-47-52)59-34-39-75-38-33-57-46-76(58-24-10-7-11-25-58)36-13-12-27-62(76)61-31-30-54-22-16-26-60(63(75)45-59)68(54)69(61)70(57)75/h6-11,16,18-19,22,24-26,28-31,44,48-50,53,55-57,59,62-65,67,70-72,79,81,83H,12-15,17,20-21,23,27,32-43,45-47H2,1-5H3. The van der Waals surface area contributed by atoms with E-state index in [2.05, 4.69) is 138 Å². The molecule has 8 aliphatic carbocycles. The van der Waals surface area contributed by atoms with Gasteiger partial charge in [-0.2, -0.15) is 0 Å².